The minimum absolute atomic E-state index is 0.0816. The summed E-state index contributed by atoms with van der Waals surface area (Å²) >= 11 is 0. The Morgan fingerprint density at radius 3 is 2.63 bits per heavy atom. The second-order valence-electron chi connectivity index (χ2n) is 6.43. The lowest BCUT2D eigenvalue weighted by Gasteiger charge is -2.18. The van der Waals surface area contributed by atoms with Crippen LogP contribution in [0.3, 0.4) is 0 Å². The van der Waals surface area contributed by atoms with Gasteiger partial charge in [0.15, 0.2) is 0 Å². The van der Waals surface area contributed by atoms with Crippen LogP contribution in [-0.2, 0) is 27.2 Å². The zero-order valence-corrected chi connectivity index (χ0v) is 15.5. The Morgan fingerprint density at radius 2 is 1.93 bits per heavy atom. The summed E-state index contributed by atoms with van der Waals surface area (Å²) in [7, 11) is 1.34. The largest absolute Gasteiger partial charge is 0.469 e. The third-order valence-corrected chi connectivity index (χ3v) is 4.62. The average Bonchev–Trinajstić information content (AvgIpc) is 3.09. The molecule has 3 aromatic rings. The van der Waals surface area contributed by atoms with Crippen molar-refractivity contribution in [1.29, 1.82) is 0 Å². The van der Waals surface area contributed by atoms with Gasteiger partial charge in [0.1, 0.15) is 5.58 Å². The van der Waals surface area contributed by atoms with Crippen molar-refractivity contribution in [1.82, 2.24) is 5.32 Å². The number of methoxy groups -OCH3 is 1. The molecular weight excluding hydrogens is 342 g/mol. The number of carbonyl (C=O) groups excluding carboxylic acids is 2. The normalized spacial score (nSPS) is 11.9. The fourth-order valence-electron chi connectivity index (χ4n) is 3.09. The first-order chi connectivity index (χ1) is 13.1. The molecule has 1 atom stereocenters. The second kappa shape index (κ2) is 8.54. The molecular formula is C22H23NO4. The number of rotatable bonds is 7. The van der Waals surface area contributed by atoms with Gasteiger partial charge in [0.25, 0.3) is 0 Å². The summed E-state index contributed by atoms with van der Waals surface area (Å²) in [6.45, 7) is 2.09. The van der Waals surface area contributed by atoms with Crippen molar-refractivity contribution < 1.29 is 18.7 Å². The van der Waals surface area contributed by atoms with E-state index in [1.54, 1.807) is 6.26 Å². The number of amides is 1. The van der Waals surface area contributed by atoms with Crippen molar-refractivity contribution in [2.75, 3.05) is 7.11 Å². The zero-order chi connectivity index (χ0) is 19.2. The van der Waals surface area contributed by atoms with E-state index in [1.165, 1.54) is 12.7 Å². The standard InChI is InChI=1S/C22H23NO4/c1-3-15-9-10-18-17(14-27-20(18)11-15)12-21(24)23-19(13-22(25)26-2)16-7-5-4-6-8-16/h4-11,14,19H,3,12-13H2,1-2H3,(H,23,24). The maximum absolute atomic E-state index is 12.6. The summed E-state index contributed by atoms with van der Waals surface area (Å²) in [6.07, 6.45) is 2.82. The quantitative estimate of drug-likeness (QED) is 0.644. The molecule has 1 unspecified atom stereocenters. The first-order valence-corrected chi connectivity index (χ1v) is 9.00. The minimum Gasteiger partial charge on any atom is -0.469 e. The van der Waals surface area contributed by atoms with Crippen LogP contribution in [0, 0.1) is 0 Å². The third kappa shape index (κ3) is 4.56. The first-order valence-electron chi connectivity index (χ1n) is 9.00. The molecule has 1 heterocycles. The van der Waals surface area contributed by atoms with Crippen molar-refractivity contribution in [2.45, 2.75) is 32.2 Å². The Bertz CT molecular complexity index is 930. The van der Waals surface area contributed by atoms with E-state index in [2.05, 4.69) is 12.2 Å². The van der Waals surface area contributed by atoms with Gasteiger partial charge in [-0.15, -0.1) is 0 Å². The van der Waals surface area contributed by atoms with Gasteiger partial charge in [-0.25, -0.2) is 0 Å². The molecule has 0 spiro atoms. The molecule has 0 radical (unpaired) electrons. The Labute approximate surface area is 158 Å². The Balaban J connectivity index is 1.75. The van der Waals surface area contributed by atoms with Gasteiger partial charge in [-0.3, -0.25) is 9.59 Å². The fourth-order valence-corrected chi connectivity index (χ4v) is 3.09. The first kappa shape index (κ1) is 18.7. The lowest BCUT2D eigenvalue weighted by molar-refractivity contribution is -0.141. The van der Waals surface area contributed by atoms with Gasteiger partial charge in [-0.05, 0) is 23.6 Å². The van der Waals surface area contributed by atoms with Gasteiger partial charge in [0.05, 0.1) is 32.3 Å². The van der Waals surface area contributed by atoms with Crippen LogP contribution in [0.4, 0.5) is 0 Å². The van der Waals surface area contributed by atoms with Crippen molar-refractivity contribution >= 4 is 22.8 Å². The number of ether oxygens (including phenoxy) is 1. The molecule has 0 bridgehead atoms. The summed E-state index contributed by atoms with van der Waals surface area (Å²) in [5.74, 6) is -0.542. The van der Waals surface area contributed by atoms with E-state index >= 15 is 0 Å². The highest BCUT2D eigenvalue weighted by Crippen LogP contribution is 2.24. The van der Waals surface area contributed by atoms with Gasteiger partial charge < -0.3 is 14.5 Å². The van der Waals surface area contributed by atoms with Crippen molar-refractivity contribution in [3.05, 3.63) is 71.5 Å². The number of furan rings is 1. The summed E-state index contributed by atoms with van der Waals surface area (Å²) < 4.78 is 10.4. The van der Waals surface area contributed by atoms with Gasteiger partial charge in [0.2, 0.25) is 5.91 Å². The number of esters is 1. The molecule has 140 valence electrons. The van der Waals surface area contributed by atoms with Crippen LogP contribution in [-0.4, -0.2) is 19.0 Å². The predicted octanol–water partition coefficient (Wildman–Crippen LogP) is 3.96. The Morgan fingerprint density at radius 1 is 1.15 bits per heavy atom. The van der Waals surface area contributed by atoms with Gasteiger partial charge in [-0.1, -0.05) is 49.4 Å². The lowest BCUT2D eigenvalue weighted by Crippen LogP contribution is -2.31. The molecule has 1 amide bonds. The monoisotopic (exact) mass is 365 g/mol. The molecule has 2 aromatic carbocycles. The van der Waals surface area contributed by atoms with E-state index < -0.39 is 6.04 Å². The number of carbonyl (C=O) groups is 2. The molecule has 1 N–H and O–H groups in total. The molecule has 3 rings (SSSR count). The number of fused-ring (bicyclic) bond motifs is 1. The predicted molar refractivity (Wildman–Crippen MR) is 103 cm³/mol. The topological polar surface area (TPSA) is 68.5 Å². The van der Waals surface area contributed by atoms with Crippen molar-refractivity contribution in [2.24, 2.45) is 0 Å². The lowest BCUT2D eigenvalue weighted by atomic mass is 10.0. The zero-order valence-electron chi connectivity index (χ0n) is 15.5. The number of aryl methyl sites for hydroxylation is 1. The second-order valence-corrected chi connectivity index (χ2v) is 6.43. The molecule has 1 aromatic heterocycles. The SMILES string of the molecule is CCc1ccc2c(CC(=O)NC(CC(=O)OC)c3ccccc3)coc2c1. The van der Waals surface area contributed by atoms with Gasteiger partial charge in [0, 0.05) is 10.9 Å². The Kier molecular flexibility index (Phi) is 5.91. The van der Waals surface area contributed by atoms with E-state index in [1.807, 2.05) is 48.5 Å². The summed E-state index contributed by atoms with van der Waals surface area (Å²) in [6, 6.07) is 15.0. The smallest absolute Gasteiger partial charge is 0.307 e. The number of hydrogen-bond donors (Lipinski definition) is 1. The van der Waals surface area contributed by atoms with Crippen LogP contribution in [0.5, 0.6) is 0 Å². The van der Waals surface area contributed by atoms with Gasteiger partial charge in [-0.2, -0.15) is 0 Å². The molecule has 0 fully saturated rings. The van der Waals surface area contributed by atoms with E-state index in [-0.39, 0.29) is 24.7 Å². The maximum atomic E-state index is 12.6. The van der Waals surface area contributed by atoms with E-state index in [9.17, 15) is 9.59 Å². The summed E-state index contributed by atoms with van der Waals surface area (Å²) in [5.41, 5.74) is 3.66. The summed E-state index contributed by atoms with van der Waals surface area (Å²) in [4.78, 5) is 24.4. The van der Waals surface area contributed by atoms with E-state index in [0.717, 1.165) is 28.5 Å². The molecule has 0 saturated heterocycles. The number of benzene rings is 2. The molecule has 5 heteroatoms. The molecule has 0 aliphatic heterocycles. The highest BCUT2D eigenvalue weighted by atomic mass is 16.5. The molecule has 0 aliphatic rings. The minimum atomic E-state index is -0.434. The fraction of sp³-hybridized carbons (Fsp3) is 0.273. The number of nitrogens with one attached hydrogen (secondary N) is 1. The van der Waals surface area contributed by atoms with Crippen LogP contribution in [0.2, 0.25) is 0 Å². The van der Waals surface area contributed by atoms with Crippen LogP contribution < -0.4 is 5.32 Å². The van der Waals surface area contributed by atoms with Crippen molar-refractivity contribution in [3.8, 4) is 0 Å². The molecule has 27 heavy (non-hydrogen) atoms. The molecule has 0 saturated carbocycles. The van der Waals surface area contributed by atoms with E-state index in [0.29, 0.717) is 0 Å². The van der Waals surface area contributed by atoms with Gasteiger partial charge >= 0.3 is 5.97 Å². The van der Waals surface area contributed by atoms with Crippen LogP contribution in [0.1, 0.15) is 36.1 Å². The highest BCUT2D eigenvalue weighted by Gasteiger charge is 2.20. The van der Waals surface area contributed by atoms with Crippen LogP contribution in [0.25, 0.3) is 11.0 Å². The number of hydrogen-bond acceptors (Lipinski definition) is 4. The molecule has 0 aliphatic carbocycles. The molecule has 5 nitrogen and oxygen atoms in total. The van der Waals surface area contributed by atoms with Crippen molar-refractivity contribution in [3.63, 3.8) is 0 Å². The van der Waals surface area contributed by atoms with Crippen LogP contribution in [0.15, 0.2) is 59.2 Å². The third-order valence-electron chi connectivity index (χ3n) is 4.62. The average molecular weight is 365 g/mol. The highest BCUT2D eigenvalue weighted by molar-refractivity contribution is 5.88. The maximum Gasteiger partial charge on any atom is 0.307 e. The summed E-state index contributed by atoms with van der Waals surface area (Å²) in [5, 5.41) is 3.88. The van der Waals surface area contributed by atoms with Crippen LogP contribution >= 0.6 is 0 Å². The Hall–Kier alpha value is -3.08. The van der Waals surface area contributed by atoms with E-state index in [4.69, 9.17) is 9.15 Å².